The number of amides is 3. The third kappa shape index (κ3) is 3.99. The molecule has 0 aliphatic carbocycles. The summed E-state index contributed by atoms with van der Waals surface area (Å²) in [6, 6.07) is 14.2. The van der Waals surface area contributed by atoms with E-state index in [0.29, 0.717) is 23.1 Å². The zero-order chi connectivity index (χ0) is 22.0. The van der Waals surface area contributed by atoms with Crippen LogP contribution in [-0.4, -0.2) is 35.7 Å². The van der Waals surface area contributed by atoms with Crippen LogP contribution < -0.4 is 10.7 Å². The summed E-state index contributed by atoms with van der Waals surface area (Å²) in [6.45, 7) is 2.27. The highest BCUT2D eigenvalue weighted by molar-refractivity contribution is 6.05. The topological polar surface area (TPSA) is 96.7 Å². The molecule has 7 heteroatoms. The molecular weight excluding hydrogens is 396 g/mol. The van der Waals surface area contributed by atoms with Gasteiger partial charge in [-0.25, -0.2) is 0 Å². The fourth-order valence-corrected chi connectivity index (χ4v) is 3.76. The Labute approximate surface area is 178 Å². The minimum Gasteiger partial charge on any atom is -0.455 e. The van der Waals surface area contributed by atoms with E-state index < -0.39 is 0 Å². The molecule has 1 N–H and O–H groups in total. The molecule has 1 aliphatic heterocycles. The molecule has 1 aliphatic rings. The van der Waals surface area contributed by atoms with Crippen molar-refractivity contribution in [3.8, 4) is 11.3 Å². The summed E-state index contributed by atoms with van der Waals surface area (Å²) in [5.74, 6) is -0.285. The fourth-order valence-electron chi connectivity index (χ4n) is 3.76. The minimum absolute atomic E-state index is 0.170. The van der Waals surface area contributed by atoms with Crippen LogP contribution in [0.25, 0.3) is 22.3 Å². The summed E-state index contributed by atoms with van der Waals surface area (Å²) in [5, 5.41) is 3.13. The highest BCUT2D eigenvalue weighted by Crippen LogP contribution is 2.27. The molecule has 1 aromatic heterocycles. The van der Waals surface area contributed by atoms with E-state index in [-0.39, 0.29) is 60.2 Å². The summed E-state index contributed by atoms with van der Waals surface area (Å²) in [7, 11) is 0. The number of benzene rings is 2. The van der Waals surface area contributed by atoms with Gasteiger partial charge in [0.2, 0.25) is 11.8 Å². The summed E-state index contributed by atoms with van der Waals surface area (Å²) in [4.78, 5) is 50.3. The maximum absolute atomic E-state index is 12.9. The minimum atomic E-state index is -0.379. The summed E-state index contributed by atoms with van der Waals surface area (Å²) in [6.07, 6.45) is 0.957. The molecule has 3 amide bonds. The number of nitrogens with zero attached hydrogens (tertiary/aromatic N) is 1. The second-order valence-electron chi connectivity index (χ2n) is 7.48. The van der Waals surface area contributed by atoms with E-state index >= 15 is 0 Å². The van der Waals surface area contributed by atoms with Gasteiger partial charge < -0.3 is 9.73 Å². The standard InChI is InChI=1S/C24H22N2O5/c1-15-21(29)17-9-5-10-18(23(17)31-22(15)16-7-3-2-4-8-16)24(30)25-13-6-14-26-19(27)11-12-20(26)28/h2-5,7-10H,6,11-14H2,1H3,(H,25,30). The molecule has 1 fully saturated rings. The van der Waals surface area contributed by atoms with Gasteiger partial charge in [0.05, 0.1) is 10.9 Å². The molecule has 0 saturated carbocycles. The lowest BCUT2D eigenvalue weighted by Crippen LogP contribution is -2.33. The van der Waals surface area contributed by atoms with E-state index in [9.17, 15) is 19.2 Å². The maximum Gasteiger partial charge on any atom is 0.255 e. The van der Waals surface area contributed by atoms with Gasteiger partial charge >= 0.3 is 0 Å². The predicted molar refractivity (Wildman–Crippen MR) is 116 cm³/mol. The van der Waals surface area contributed by atoms with Gasteiger partial charge in [-0.2, -0.15) is 0 Å². The molecule has 158 valence electrons. The van der Waals surface area contributed by atoms with Crippen LogP contribution in [0.1, 0.15) is 35.2 Å². The monoisotopic (exact) mass is 418 g/mol. The number of carbonyl (C=O) groups excluding carboxylic acids is 3. The Bertz CT molecular complexity index is 1210. The molecule has 0 atom stereocenters. The Kier molecular flexibility index (Phi) is 5.66. The van der Waals surface area contributed by atoms with Crippen LogP contribution >= 0.6 is 0 Å². The van der Waals surface area contributed by atoms with Gasteiger partial charge in [-0.15, -0.1) is 0 Å². The number of rotatable bonds is 6. The average Bonchev–Trinajstić information content (AvgIpc) is 3.11. The second kappa shape index (κ2) is 8.55. The molecule has 7 nitrogen and oxygen atoms in total. The van der Waals surface area contributed by atoms with Crippen molar-refractivity contribution in [3.05, 3.63) is 69.9 Å². The molecule has 0 bridgehead atoms. The normalized spacial score (nSPS) is 13.8. The number of fused-ring (bicyclic) bond motifs is 1. The molecule has 0 radical (unpaired) electrons. The molecule has 2 aromatic carbocycles. The van der Waals surface area contributed by atoms with Gasteiger partial charge in [0.25, 0.3) is 5.91 Å². The molecule has 2 heterocycles. The zero-order valence-electron chi connectivity index (χ0n) is 17.1. The van der Waals surface area contributed by atoms with E-state index in [0.717, 1.165) is 5.56 Å². The van der Waals surface area contributed by atoms with Crippen LogP contribution in [0.2, 0.25) is 0 Å². The third-order valence-electron chi connectivity index (χ3n) is 5.42. The van der Waals surface area contributed by atoms with Crippen molar-refractivity contribution in [1.82, 2.24) is 10.2 Å². The van der Waals surface area contributed by atoms with Gasteiger partial charge in [0.15, 0.2) is 11.0 Å². The maximum atomic E-state index is 12.9. The number of likely N-dealkylation sites (tertiary alicyclic amines) is 1. The predicted octanol–water partition coefficient (Wildman–Crippen LogP) is 3.04. The van der Waals surface area contributed by atoms with Gasteiger partial charge in [-0.05, 0) is 25.5 Å². The van der Waals surface area contributed by atoms with Crippen molar-refractivity contribution < 1.29 is 18.8 Å². The van der Waals surface area contributed by atoms with E-state index in [1.165, 1.54) is 4.90 Å². The Hall–Kier alpha value is -3.74. The number of imide groups is 1. The van der Waals surface area contributed by atoms with E-state index in [1.807, 2.05) is 30.3 Å². The first-order chi connectivity index (χ1) is 15.0. The van der Waals surface area contributed by atoms with Crippen molar-refractivity contribution >= 4 is 28.7 Å². The van der Waals surface area contributed by atoms with Gasteiger partial charge in [0.1, 0.15) is 5.76 Å². The lowest BCUT2D eigenvalue weighted by Gasteiger charge is -2.14. The SMILES string of the molecule is Cc1c(-c2ccccc2)oc2c(C(=O)NCCCN3C(=O)CCC3=O)cccc2c1=O. The molecule has 1 saturated heterocycles. The van der Waals surface area contributed by atoms with Crippen LogP contribution in [0.15, 0.2) is 57.7 Å². The Balaban J connectivity index is 1.56. The number of hydrogen-bond acceptors (Lipinski definition) is 5. The van der Waals surface area contributed by atoms with E-state index in [2.05, 4.69) is 5.32 Å². The molecule has 0 unspecified atom stereocenters. The highest BCUT2D eigenvalue weighted by atomic mass is 16.3. The first kappa shape index (κ1) is 20.5. The van der Waals surface area contributed by atoms with E-state index in [4.69, 9.17) is 4.42 Å². The lowest BCUT2D eigenvalue weighted by atomic mass is 10.0. The van der Waals surface area contributed by atoms with Crippen molar-refractivity contribution in [2.24, 2.45) is 0 Å². The fraction of sp³-hybridized carbons (Fsp3) is 0.250. The second-order valence-corrected chi connectivity index (χ2v) is 7.48. The van der Waals surface area contributed by atoms with Crippen molar-refractivity contribution in [1.29, 1.82) is 0 Å². The van der Waals surface area contributed by atoms with Gasteiger partial charge in [0, 0.05) is 37.1 Å². The van der Waals surface area contributed by atoms with Crippen molar-refractivity contribution in [2.75, 3.05) is 13.1 Å². The van der Waals surface area contributed by atoms with Crippen molar-refractivity contribution in [2.45, 2.75) is 26.2 Å². The van der Waals surface area contributed by atoms with Crippen LogP contribution in [0, 0.1) is 6.92 Å². The average molecular weight is 418 g/mol. The Morgan fingerprint density at radius 3 is 2.42 bits per heavy atom. The molecule has 4 rings (SSSR count). The quantitative estimate of drug-likeness (QED) is 0.490. The number of para-hydroxylation sites is 1. The Morgan fingerprint density at radius 2 is 1.71 bits per heavy atom. The van der Waals surface area contributed by atoms with Crippen LogP contribution in [0.3, 0.4) is 0 Å². The number of carbonyl (C=O) groups is 3. The first-order valence-corrected chi connectivity index (χ1v) is 10.2. The summed E-state index contributed by atoms with van der Waals surface area (Å²) in [5.41, 5.74) is 1.56. The molecular formula is C24H22N2O5. The van der Waals surface area contributed by atoms with Crippen molar-refractivity contribution in [3.63, 3.8) is 0 Å². The lowest BCUT2D eigenvalue weighted by molar-refractivity contribution is -0.138. The van der Waals surface area contributed by atoms with E-state index in [1.54, 1.807) is 25.1 Å². The smallest absolute Gasteiger partial charge is 0.255 e. The zero-order valence-corrected chi connectivity index (χ0v) is 17.1. The number of hydrogen-bond donors (Lipinski definition) is 1. The van der Waals surface area contributed by atoms with Crippen LogP contribution in [-0.2, 0) is 9.59 Å². The van der Waals surface area contributed by atoms with Crippen LogP contribution in [0.4, 0.5) is 0 Å². The van der Waals surface area contributed by atoms with Crippen LogP contribution in [0.5, 0.6) is 0 Å². The van der Waals surface area contributed by atoms with Gasteiger partial charge in [-0.3, -0.25) is 24.1 Å². The molecule has 3 aromatic rings. The van der Waals surface area contributed by atoms with Gasteiger partial charge in [-0.1, -0.05) is 36.4 Å². The molecule has 31 heavy (non-hydrogen) atoms. The summed E-state index contributed by atoms with van der Waals surface area (Å²) >= 11 is 0. The first-order valence-electron chi connectivity index (χ1n) is 10.2. The number of nitrogens with one attached hydrogen (secondary N) is 1. The molecule has 0 spiro atoms. The third-order valence-corrected chi connectivity index (χ3v) is 5.42. The highest BCUT2D eigenvalue weighted by Gasteiger charge is 2.28. The largest absolute Gasteiger partial charge is 0.455 e. The summed E-state index contributed by atoms with van der Waals surface area (Å²) < 4.78 is 6.07. The Morgan fingerprint density at radius 1 is 1.00 bits per heavy atom.